The molecule has 0 spiro atoms. The molecule has 0 amide bonds. The molecule has 1 aromatic heterocycles. The summed E-state index contributed by atoms with van der Waals surface area (Å²) in [4.78, 5) is 6.47. The lowest BCUT2D eigenvalue weighted by molar-refractivity contribution is 1.04. The number of pyridine rings is 1. The Morgan fingerprint density at radius 3 is 2.63 bits per heavy atom. The first-order chi connectivity index (χ1) is 9.06. The van der Waals surface area contributed by atoms with Crippen LogP contribution in [0.15, 0.2) is 41.0 Å². The number of hydrogen-bond donors (Lipinski definition) is 1. The van der Waals surface area contributed by atoms with Crippen LogP contribution in [0.3, 0.4) is 0 Å². The summed E-state index contributed by atoms with van der Waals surface area (Å²) in [7, 11) is 4.12. The van der Waals surface area contributed by atoms with Crippen molar-refractivity contribution in [2.24, 2.45) is 0 Å². The van der Waals surface area contributed by atoms with E-state index in [-0.39, 0.29) is 0 Å². The molecule has 1 aromatic carbocycles. The summed E-state index contributed by atoms with van der Waals surface area (Å²) in [6, 6.07) is 10.4. The lowest BCUT2D eigenvalue weighted by Crippen LogP contribution is -2.11. The Labute approximate surface area is 122 Å². The van der Waals surface area contributed by atoms with Crippen molar-refractivity contribution in [3.05, 3.63) is 52.3 Å². The van der Waals surface area contributed by atoms with Gasteiger partial charge < -0.3 is 10.2 Å². The van der Waals surface area contributed by atoms with Crippen LogP contribution in [-0.2, 0) is 6.54 Å². The maximum atomic E-state index is 4.35. The molecule has 0 unspecified atom stereocenters. The second-order valence-corrected chi connectivity index (χ2v) is 5.63. The molecule has 4 heteroatoms. The van der Waals surface area contributed by atoms with E-state index >= 15 is 0 Å². The summed E-state index contributed by atoms with van der Waals surface area (Å²) >= 11 is 3.39. The van der Waals surface area contributed by atoms with Crippen molar-refractivity contribution in [1.29, 1.82) is 0 Å². The molecule has 2 aromatic rings. The van der Waals surface area contributed by atoms with Crippen LogP contribution in [0.2, 0.25) is 0 Å². The molecule has 2 rings (SSSR count). The number of aromatic nitrogens is 1. The van der Waals surface area contributed by atoms with E-state index in [1.165, 1.54) is 11.3 Å². The minimum atomic E-state index is 0.725. The quantitative estimate of drug-likeness (QED) is 0.928. The molecule has 0 saturated heterocycles. The van der Waals surface area contributed by atoms with Gasteiger partial charge in [-0.1, -0.05) is 6.07 Å². The molecule has 3 nitrogen and oxygen atoms in total. The zero-order valence-electron chi connectivity index (χ0n) is 11.4. The highest BCUT2D eigenvalue weighted by Gasteiger charge is 2.02. The van der Waals surface area contributed by atoms with Gasteiger partial charge in [0.1, 0.15) is 0 Å². The Balaban J connectivity index is 2.07. The molecule has 0 aliphatic heterocycles. The molecule has 1 N–H and O–H groups in total. The van der Waals surface area contributed by atoms with E-state index in [0.717, 1.165) is 22.4 Å². The first-order valence-corrected chi connectivity index (χ1v) is 6.98. The highest BCUT2D eigenvalue weighted by molar-refractivity contribution is 9.10. The standard InChI is InChI=1S/C15H18BrN3/c1-11-4-6-13(8-15(11)19(2)3)18-10-14-7-5-12(16)9-17-14/h4-9,18H,10H2,1-3H3. The minimum Gasteiger partial charge on any atom is -0.379 e. The summed E-state index contributed by atoms with van der Waals surface area (Å²) in [6.45, 7) is 2.85. The molecule has 0 atom stereocenters. The van der Waals surface area contributed by atoms with Gasteiger partial charge in [-0.3, -0.25) is 4.98 Å². The van der Waals surface area contributed by atoms with Crippen molar-refractivity contribution in [3.8, 4) is 0 Å². The summed E-state index contributed by atoms with van der Waals surface area (Å²) in [5.41, 5.74) is 4.64. The molecule has 19 heavy (non-hydrogen) atoms. The molecular formula is C15H18BrN3. The van der Waals surface area contributed by atoms with Gasteiger partial charge in [0.15, 0.2) is 0 Å². The SMILES string of the molecule is Cc1ccc(NCc2ccc(Br)cn2)cc1N(C)C. The number of rotatable bonds is 4. The second-order valence-electron chi connectivity index (χ2n) is 4.72. The third-order valence-electron chi connectivity index (χ3n) is 2.95. The predicted molar refractivity (Wildman–Crippen MR) is 84.8 cm³/mol. The van der Waals surface area contributed by atoms with Crippen molar-refractivity contribution in [2.45, 2.75) is 13.5 Å². The van der Waals surface area contributed by atoms with E-state index in [1.54, 1.807) is 0 Å². The third kappa shape index (κ3) is 3.70. The number of aryl methyl sites for hydroxylation is 1. The third-order valence-corrected chi connectivity index (χ3v) is 3.42. The smallest absolute Gasteiger partial charge is 0.0595 e. The Morgan fingerprint density at radius 1 is 1.21 bits per heavy atom. The van der Waals surface area contributed by atoms with E-state index in [4.69, 9.17) is 0 Å². The zero-order valence-corrected chi connectivity index (χ0v) is 13.0. The fourth-order valence-corrected chi connectivity index (χ4v) is 2.14. The monoisotopic (exact) mass is 319 g/mol. The van der Waals surface area contributed by atoms with Gasteiger partial charge in [0.05, 0.1) is 12.2 Å². The van der Waals surface area contributed by atoms with Gasteiger partial charge >= 0.3 is 0 Å². The zero-order chi connectivity index (χ0) is 13.8. The van der Waals surface area contributed by atoms with Gasteiger partial charge in [0.25, 0.3) is 0 Å². The lowest BCUT2D eigenvalue weighted by Gasteiger charge is -2.17. The Bertz CT molecular complexity index is 550. The maximum absolute atomic E-state index is 4.35. The minimum absolute atomic E-state index is 0.725. The molecule has 0 radical (unpaired) electrons. The molecule has 1 heterocycles. The van der Waals surface area contributed by atoms with Crippen molar-refractivity contribution < 1.29 is 0 Å². The molecule has 0 bridgehead atoms. The first-order valence-electron chi connectivity index (χ1n) is 6.18. The van der Waals surface area contributed by atoms with E-state index in [9.17, 15) is 0 Å². The van der Waals surface area contributed by atoms with Gasteiger partial charge in [-0.25, -0.2) is 0 Å². The Kier molecular flexibility index (Phi) is 4.43. The van der Waals surface area contributed by atoms with E-state index < -0.39 is 0 Å². The van der Waals surface area contributed by atoms with Crippen LogP contribution >= 0.6 is 15.9 Å². The average Bonchev–Trinajstić information content (AvgIpc) is 2.39. The van der Waals surface area contributed by atoms with Gasteiger partial charge in [-0.15, -0.1) is 0 Å². The van der Waals surface area contributed by atoms with Crippen LogP contribution in [0.4, 0.5) is 11.4 Å². The topological polar surface area (TPSA) is 28.2 Å². The fraction of sp³-hybridized carbons (Fsp3) is 0.267. The average molecular weight is 320 g/mol. The van der Waals surface area contributed by atoms with Crippen molar-refractivity contribution >= 4 is 27.3 Å². The number of nitrogens with zero attached hydrogens (tertiary/aromatic N) is 2. The number of halogens is 1. The van der Waals surface area contributed by atoms with Crippen LogP contribution in [0, 0.1) is 6.92 Å². The van der Waals surface area contributed by atoms with E-state index in [0.29, 0.717) is 0 Å². The van der Waals surface area contributed by atoms with Gasteiger partial charge in [-0.05, 0) is 52.7 Å². The molecule has 0 fully saturated rings. The van der Waals surface area contributed by atoms with Crippen LogP contribution in [-0.4, -0.2) is 19.1 Å². The molecule has 0 aliphatic rings. The summed E-state index contributed by atoms with van der Waals surface area (Å²) in [5, 5.41) is 3.40. The van der Waals surface area contributed by atoms with Crippen molar-refractivity contribution in [1.82, 2.24) is 4.98 Å². The first kappa shape index (κ1) is 13.9. The highest BCUT2D eigenvalue weighted by atomic mass is 79.9. The molecular weight excluding hydrogens is 302 g/mol. The summed E-state index contributed by atoms with van der Waals surface area (Å²) in [5.74, 6) is 0. The van der Waals surface area contributed by atoms with Gasteiger partial charge in [0, 0.05) is 36.1 Å². The molecule has 0 saturated carbocycles. The van der Waals surface area contributed by atoms with Crippen LogP contribution < -0.4 is 10.2 Å². The number of benzene rings is 1. The summed E-state index contributed by atoms with van der Waals surface area (Å²) in [6.07, 6.45) is 1.82. The van der Waals surface area contributed by atoms with Gasteiger partial charge in [0.2, 0.25) is 0 Å². The van der Waals surface area contributed by atoms with Crippen molar-refractivity contribution in [2.75, 3.05) is 24.3 Å². The Hall–Kier alpha value is -1.55. The van der Waals surface area contributed by atoms with Crippen LogP contribution in [0.5, 0.6) is 0 Å². The van der Waals surface area contributed by atoms with E-state index in [1.807, 2.05) is 18.3 Å². The van der Waals surface area contributed by atoms with Gasteiger partial charge in [-0.2, -0.15) is 0 Å². The summed E-state index contributed by atoms with van der Waals surface area (Å²) < 4.78 is 1.00. The highest BCUT2D eigenvalue weighted by Crippen LogP contribution is 2.22. The lowest BCUT2D eigenvalue weighted by atomic mass is 10.1. The molecule has 0 aliphatic carbocycles. The predicted octanol–water partition coefficient (Wildman–Crippen LogP) is 3.83. The van der Waals surface area contributed by atoms with Crippen LogP contribution in [0.25, 0.3) is 0 Å². The normalized spacial score (nSPS) is 10.3. The number of nitrogens with one attached hydrogen (secondary N) is 1. The molecule has 100 valence electrons. The second kappa shape index (κ2) is 6.06. The number of anilines is 2. The van der Waals surface area contributed by atoms with Crippen LogP contribution in [0.1, 0.15) is 11.3 Å². The van der Waals surface area contributed by atoms with Crippen molar-refractivity contribution in [3.63, 3.8) is 0 Å². The Morgan fingerprint density at radius 2 is 2.00 bits per heavy atom. The fourth-order valence-electron chi connectivity index (χ4n) is 1.90. The number of hydrogen-bond acceptors (Lipinski definition) is 3. The largest absolute Gasteiger partial charge is 0.379 e. The maximum Gasteiger partial charge on any atom is 0.0595 e. The van der Waals surface area contributed by atoms with E-state index in [2.05, 4.69) is 70.3 Å².